The van der Waals surface area contributed by atoms with Crippen LogP contribution in [0.2, 0.25) is 0 Å². The second kappa shape index (κ2) is 9.08. The lowest BCUT2D eigenvalue weighted by Crippen LogP contribution is -2.42. The first kappa shape index (κ1) is 16.2. The van der Waals surface area contributed by atoms with E-state index in [-0.39, 0.29) is 0 Å². The van der Waals surface area contributed by atoms with Crippen LogP contribution in [0.4, 0.5) is 0 Å². The van der Waals surface area contributed by atoms with Crippen molar-refractivity contribution in [2.45, 2.75) is 51.7 Å². The molecule has 1 rings (SSSR count). The first-order valence-corrected chi connectivity index (χ1v) is 8.37. The predicted octanol–water partition coefficient (Wildman–Crippen LogP) is 4.24. The third-order valence-electron chi connectivity index (χ3n) is 3.02. The lowest BCUT2D eigenvalue weighted by atomic mass is 10.0. The Morgan fingerprint density at radius 2 is 2.17 bits per heavy atom. The molecule has 0 saturated heterocycles. The standard InChI is InChI=1S/C14H24BrNOS/c1-4-6-14(17-3)13(16-7-5-2)9-12-8-11(15)10-18-12/h8,10,13-14,16H,4-7,9H2,1-3H3. The van der Waals surface area contributed by atoms with Gasteiger partial charge in [-0.2, -0.15) is 0 Å². The van der Waals surface area contributed by atoms with Gasteiger partial charge in [0.15, 0.2) is 0 Å². The summed E-state index contributed by atoms with van der Waals surface area (Å²) in [4.78, 5) is 1.41. The molecule has 0 saturated carbocycles. The van der Waals surface area contributed by atoms with Gasteiger partial charge in [0, 0.05) is 27.9 Å². The minimum atomic E-state index is 0.308. The van der Waals surface area contributed by atoms with Crippen LogP contribution in [0.1, 0.15) is 38.0 Å². The Hall–Kier alpha value is 0.1000. The van der Waals surface area contributed by atoms with Crippen LogP contribution in [0.5, 0.6) is 0 Å². The highest BCUT2D eigenvalue weighted by atomic mass is 79.9. The van der Waals surface area contributed by atoms with Crippen molar-refractivity contribution in [1.82, 2.24) is 5.32 Å². The molecule has 1 aromatic rings. The number of ether oxygens (including phenoxy) is 1. The van der Waals surface area contributed by atoms with Crippen LogP contribution in [0.3, 0.4) is 0 Å². The molecule has 1 heterocycles. The zero-order valence-electron chi connectivity index (χ0n) is 11.5. The molecule has 0 aliphatic heterocycles. The van der Waals surface area contributed by atoms with Gasteiger partial charge in [-0.1, -0.05) is 20.3 Å². The molecule has 0 radical (unpaired) electrons. The summed E-state index contributed by atoms with van der Waals surface area (Å²) >= 11 is 5.33. The fourth-order valence-electron chi connectivity index (χ4n) is 2.11. The van der Waals surface area contributed by atoms with Crippen LogP contribution in [-0.4, -0.2) is 25.8 Å². The fourth-order valence-corrected chi connectivity index (χ4v) is 3.62. The zero-order chi connectivity index (χ0) is 13.4. The molecule has 1 N–H and O–H groups in total. The van der Waals surface area contributed by atoms with Crippen molar-refractivity contribution in [2.24, 2.45) is 0 Å². The van der Waals surface area contributed by atoms with Crippen molar-refractivity contribution in [1.29, 1.82) is 0 Å². The second-order valence-corrected chi connectivity index (χ2v) is 6.47. The summed E-state index contributed by atoms with van der Waals surface area (Å²) < 4.78 is 6.84. The van der Waals surface area contributed by atoms with Gasteiger partial charge in [-0.3, -0.25) is 0 Å². The SMILES string of the molecule is CCCNC(Cc1cc(Br)cs1)C(CCC)OC. The maximum Gasteiger partial charge on any atom is 0.0727 e. The van der Waals surface area contributed by atoms with E-state index in [9.17, 15) is 0 Å². The van der Waals surface area contributed by atoms with Crippen molar-refractivity contribution < 1.29 is 4.74 Å². The predicted molar refractivity (Wildman–Crippen MR) is 83.5 cm³/mol. The highest BCUT2D eigenvalue weighted by Crippen LogP contribution is 2.22. The van der Waals surface area contributed by atoms with E-state index in [4.69, 9.17) is 4.74 Å². The Balaban J connectivity index is 2.63. The van der Waals surface area contributed by atoms with E-state index >= 15 is 0 Å². The Morgan fingerprint density at radius 1 is 1.39 bits per heavy atom. The van der Waals surface area contributed by atoms with E-state index in [1.165, 1.54) is 9.35 Å². The monoisotopic (exact) mass is 333 g/mol. The van der Waals surface area contributed by atoms with Gasteiger partial charge < -0.3 is 10.1 Å². The average Bonchev–Trinajstić information content (AvgIpc) is 2.77. The molecule has 0 spiro atoms. The molecule has 0 aliphatic carbocycles. The first-order chi connectivity index (χ1) is 8.71. The Bertz CT molecular complexity index is 329. The fraction of sp³-hybridized carbons (Fsp3) is 0.714. The van der Waals surface area contributed by atoms with Crippen LogP contribution >= 0.6 is 27.3 Å². The van der Waals surface area contributed by atoms with Gasteiger partial charge in [-0.05, 0) is 47.8 Å². The molecule has 18 heavy (non-hydrogen) atoms. The molecule has 0 aliphatic rings. The highest BCUT2D eigenvalue weighted by molar-refractivity contribution is 9.10. The number of hydrogen-bond acceptors (Lipinski definition) is 3. The average molecular weight is 334 g/mol. The number of methoxy groups -OCH3 is 1. The summed E-state index contributed by atoms with van der Waals surface area (Å²) in [5.74, 6) is 0. The minimum absolute atomic E-state index is 0.308. The van der Waals surface area contributed by atoms with Crippen molar-refractivity contribution in [3.8, 4) is 0 Å². The summed E-state index contributed by atoms with van der Waals surface area (Å²) in [6, 6.07) is 2.63. The van der Waals surface area contributed by atoms with Gasteiger partial charge in [0.05, 0.1) is 6.10 Å². The smallest absolute Gasteiger partial charge is 0.0727 e. The molecule has 0 bridgehead atoms. The molecular formula is C14H24BrNOS. The third-order valence-corrected chi connectivity index (χ3v) is 4.74. The first-order valence-electron chi connectivity index (χ1n) is 6.70. The van der Waals surface area contributed by atoms with Crippen molar-refractivity contribution in [3.05, 3.63) is 20.8 Å². The van der Waals surface area contributed by atoms with E-state index < -0.39 is 0 Å². The molecule has 104 valence electrons. The van der Waals surface area contributed by atoms with Crippen LogP contribution in [0.25, 0.3) is 0 Å². The van der Waals surface area contributed by atoms with E-state index in [0.717, 1.165) is 32.2 Å². The lowest BCUT2D eigenvalue weighted by molar-refractivity contribution is 0.0611. The van der Waals surface area contributed by atoms with E-state index in [0.29, 0.717) is 12.1 Å². The Morgan fingerprint density at radius 3 is 2.67 bits per heavy atom. The summed E-state index contributed by atoms with van der Waals surface area (Å²) in [5, 5.41) is 5.78. The van der Waals surface area contributed by atoms with Crippen molar-refractivity contribution in [2.75, 3.05) is 13.7 Å². The normalized spacial score (nSPS) is 14.7. The quantitative estimate of drug-likeness (QED) is 0.729. The summed E-state index contributed by atoms with van der Waals surface area (Å²) in [6.45, 7) is 5.47. The molecule has 1 aromatic heterocycles. The number of hydrogen-bond donors (Lipinski definition) is 1. The van der Waals surface area contributed by atoms with Crippen LogP contribution in [0, 0.1) is 0 Å². The van der Waals surface area contributed by atoms with Crippen LogP contribution in [0.15, 0.2) is 15.9 Å². The highest BCUT2D eigenvalue weighted by Gasteiger charge is 2.20. The minimum Gasteiger partial charge on any atom is -0.380 e. The lowest BCUT2D eigenvalue weighted by Gasteiger charge is -2.26. The van der Waals surface area contributed by atoms with Gasteiger partial charge in [0.1, 0.15) is 0 Å². The Labute approximate surface area is 123 Å². The maximum absolute atomic E-state index is 5.66. The molecule has 0 amide bonds. The third kappa shape index (κ3) is 5.39. The molecule has 0 fully saturated rings. The zero-order valence-corrected chi connectivity index (χ0v) is 13.9. The second-order valence-electron chi connectivity index (χ2n) is 4.56. The molecule has 2 unspecified atom stereocenters. The number of halogens is 1. The van der Waals surface area contributed by atoms with Crippen molar-refractivity contribution in [3.63, 3.8) is 0 Å². The van der Waals surface area contributed by atoms with Gasteiger partial charge >= 0.3 is 0 Å². The van der Waals surface area contributed by atoms with E-state index in [2.05, 4.69) is 46.5 Å². The maximum atomic E-state index is 5.66. The van der Waals surface area contributed by atoms with Gasteiger partial charge in [-0.25, -0.2) is 0 Å². The van der Waals surface area contributed by atoms with Gasteiger partial charge in [0.2, 0.25) is 0 Å². The Kier molecular flexibility index (Phi) is 8.15. The largest absolute Gasteiger partial charge is 0.380 e. The number of nitrogens with one attached hydrogen (secondary N) is 1. The van der Waals surface area contributed by atoms with E-state index in [1.54, 1.807) is 0 Å². The van der Waals surface area contributed by atoms with Gasteiger partial charge in [0.25, 0.3) is 0 Å². The summed E-state index contributed by atoms with van der Waals surface area (Å²) in [7, 11) is 1.82. The number of thiophene rings is 1. The summed E-state index contributed by atoms with van der Waals surface area (Å²) in [6.07, 6.45) is 4.80. The van der Waals surface area contributed by atoms with Crippen molar-refractivity contribution >= 4 is 27.3 Å². The van der Waals surface area contributed by atoms with Crippen LogP contribution < -0.4 is 5.32 Å². The molecular weight excluding hydrogens is 310 g/mol. The van der Waals surface area contributed by atoms with Crippen LogP contribution in [-0.2, 0) is 11.2 Å². The van der Waals surface area contributed by atoms with E-state index in [1.807, 2.05) is 18.4 Å². The molecule has 2 nitrogen and oxygen atoms in total. The molecule has 0 aromatic carbocycles. The topological polar surface area (TPSA) is 21.3 Å². The molecule has 4 heteroatoms. The molecule has 2 atom stereocenters. The van der Waals surface area contributed by atoms with Gasteiger partial charge in [-0.15, -0.1) is 11.3 Å². The number of rotatable bonds is 9. The summed E-state index contributed by atoms with van der Waals surface area (Å²) in [5.41, 5.74) is 0.